The number of benzene rings is 1. The molecular formula is C13H17Br3O2. The predicted molar refractivity (Wildman–Crippen MR) is 86.0 cm³/mol. The summed E-state index contributed by atoms with van der Waals surface area (Å²) in [5.74, 6) is 2.70. The van der Waals surface area contributed by atoms with E-state index in [2.05, 4.69) is 61.6 Å². The van der Waals surface area contributed by atoms with Gasteiger partial charge in [0, 0.05) is 11.2 Å². The first-order valence-electron chi connectivity index (χ1n) is 5.71. The van der Waals surface area contributed by atoms with Crippen LogP contribution in [0, 0.1) is 11.8 Å². The summed E-state index contributed by atoms with van der Waals surface area (Å²) in [5, 5.41) is 0.944. The lowest BCUT2D eigenvalue weighted by molar-refractivity contribution is 0.226. The molecule has 1 atom stereocenters. The van der Waals surface area contributed by atoms with Crippen LogP contribution in [0.2, 0.25) is 0 Å². The summed E-state index contributed by atoms with van der Waals surface area (Å²) in [6.07, 6.45) is 0. The van der Waals surface area contributed by atoms with Crippen LogP contribution in [0.25, 0.3) is 0 Å². The molecule has 1 unspecified atom stereocenters. The Morgan fingerprint density at radius 3 is 2.17 bits per heavy atom. The summed E-state index contributed by atoms with van der Waals surface area (Å²) in [6, 6.07) is 3.83. The Morgan fingerprint density at radius 1 is 1.11 bits per heavy atom. The van der Waals surface area contributed by atoms with Gasteiger partial charge < -0.3 is 9.47 Å². The molecule has 102 valence electrons. The quantitative estimate of drug-likeness (QED) is 0.557. The van der Waals surface area contributed by atoms with Crippen LogP contribution < -0.4 is 9.47 Å². The van der Waals surface area contributed by atoms with E-state index >= 15 is 0 Å². The highest BCUT2D eigenvalue weighted by atomic mass is 79.9. The third-order valence-corrected chi connectivity index (χ3v) is 4.87. The molecule has 0 N–H and O–H groups in total. The number of hydrogen-bond donors (Lipinski definition) is 0. The second-order valence-corrected chi connectivity index (χ2v) is 6.74. The van der Waals surface area contributed by atoms with Gasteiger partial charge in [-0.25, -0.2) is 0 Å². The molecule has 18 heavy (non-hydrogen) atoms. The molecule has 0 spiro atoms. The molecule has 0 saturated carbocycles. The highest BCUT2D eigenvalue weighted by Crippen LogP contribution is 2.36. The molecule has 1 aromatic rings. The van der Waals surface area contributed by atoms with Crippen LogP contribution in [0.3, 0.4) is 0 Å². The van der Waals surface area contributed by atoms with E-state index in [0.717, 1.165) is 25.8 Å². The molecule has 0 aliphatic heterocycles. The lowest BCUT2D eigenvalue weighted by Gasteiger charge is -2.19. The maximum atomic E-state index is 5.87. The molecule has 2 nitrogen and oxygen atoms in total. The van der Waals surface area contributed by atoms with Gasteiger partial charge in [0.05, 0.1) is 22.7 Å². The van der Waals surface area contributed by atoms with Gasteiger partial charge in [0.15, 0.2) is 0 Å². The summed E-state index contributed by atoms with van der Waals surface area (Å²) in [6.45, 7) is 5.10. The summed E-state index contributed by atoms with van der Waals surface area (Å²) < 4.78 is 12.9. The van der Waals surface area contributed by atoms with Gasteiger partial charge in [0.25, 0.3) is 0 Å². The van der Waals surface area contributed by atoms with E-state index in [1.165, 1.54) is 0 Å². The van der Waals surface area contributed by atoms with Crippen molar-refractivity contribution in [1.29, 1.82) is 0 Å². The Balaban J connectivity index is 2.76. The maximum Gasteiger partial charge on any atom is 0.134 e. The second-order valence-electron chi connectivity index (χ2n) is 4.39. The van der Waals surface area contributed by atoms with Crippen LogP contribution in [0.15, 0.2) is 21.1 Å². The third kappa shape index (κ3) is 4.42. The van der Waals surface area contributed by atoms with Crippen LogP contribution >= 0.6 is 47.8 Å². The van der Waals surface area contributed by atoms with Gasteiger partial charge in [-0.05, 0) is 49.9 Å². The van der Waals surface area contributed by atoms with Crippen molar-refractivity contribution in [1.82, 2.24) is 0 Å². The van der Waals surface area contributed by atoms with Crippen LogP contribution in [0.1, 0.15) is 13.8 Å². The molecule has 0 aliphatic carbocycles. The van der Waals surface area contributed by atoms with Crippen molar-refractivity contribution in [2.75, 3.05) is 19.0 Å². The fourth-order valence-corrected chi connectivity index (χ4v) is 3.24. The number of rotatable bonds is 6. The van der Waals surface area contributed by atoms with Gasteiger partial charge in [-0.15, -0.1) is 0 Å². The standard InChI is InChI=1S/C13H17Br3O2/c1-8(2)9(6-14)7-18-13-5-10(15)12(17-3)4-11(13)16/h4-5,8-9H,6-7H2,1-3H3. The molecule has 0 aromatic heterocycles. The number of alkyl halides is 1. The Morgan fingerprint density at radius 2 is 1.67 bits per heavy atom. The van der Waals surface area contributed by atoms with E-state index in [1.54, 1.807) is 7.11 Å². The largest absolute Gasteiger partial charge is 0.496 e. The highest BCUT2D eigenvalue weighted by molar-refractivity contribution is 9.11. The minimum Gasteiger partial charge on any atom is -0.496 e. The van der Waals surface area contributed by atoms with Gasteiger partial charge in [0.1, 0.15) is 11.5 Å². The second kappa shape index (κ2) is 7.75. The zero-order chi connectivity index (χ0) is 13.7. The van der Waals surface area contributed by atoms with Gasteiger partial charge in [-0.3, -0.25) is 0 Å². The molecule has 0 saturated heterocycles. The summed E-state index contributed by atoms with van der Waals surface area (Å²) in [7, 11) is 1.65. The average molecular weight is 445 g/mol. The zero-order valence-electron chi connectivity index (χ0n) is 10.7. The van der Waals surface area contributed by atoms with Gasteiger partial charge >= 0.3 is 0 Å². The van der Waals surface area contributed by atoms with E-state index in [4.69, 9.17) is 9.47 Å². The molecule has 0 radical (unpaired) electrons. The zero-order valence-corrected chi connectivity index (χ0v) is 15.4. The molecule has 1 aromatic carbocycles. The van der Waals surface area contributed by atoms with Gasteiger partial charge in [-0.2, -0.15) is 0 Å². The van der Waals surface area contributed by atoms with Gasteiger partial charge in [0.2, 0.25) is 0 Å². The van der Waals surface area contributed by atoms with Crippen molar-refractivity contribution < 1.29 is 9.47 Å². The van der Waals surface area contributed by atoms with Gasteiger partial charge in [-0.1, -0.05) is 29.8 Å². The molecule has 0 fully saturated rings. The van der Waals surface area contributed by atoms with Crippen molar-refractivity contribution in [3.05, 3.63) is 21.1 Å². The lowest BCUT2D eigenvalue weighted by Crippen LogP contribution is -2.19. The van der Waals surface area contributed by atoms with E-state index < -0.39 is 0 Å². The summed E-state index contributed by atoms with van der Waals surface area (Å²) in [5.41, 5.74) is 0. The van der Waals surface area contributed by atoms with Crippen LogP contribution in [0.5, 0.6) is 11.5 Å². The maximum absolute atomic E-state index is 5.87. The molecular weight excluding hydrogens is 428 g/mol. The fraction of sp³-hybridized carbons (Fsp3) is 0.538. The van der Waals surface area contributed by atoms with Crippen molar-refractivity contribution in [2.45, 2.75) is 13.8 Å². The molecule has 0 aliphatic rings. The smallest absolute Gasteiger partial charge is 0.134 e. The van der Waals surface area contributed by atoms with Crippen molar-refractivity contribution in [3.8, 4) is 11.5 Å². The first-order chi connectivity index (χ1) is 8.49. The van der Waals surface area contributed by atoms with E-state index in [0.29, 0.717) is 18.4 Å². The third-order valence-electron chi connectivity index (χ3n) is 2.80. The molecule has 5 heteroatoms. The number of hydrogen-bond acceptors (Lipinski definition) is 2. The summed E-state index contributed by atoms with van der Waals surface area (Å²) in [4.78, 5) is 0. The van der Waals surface area contributed by atoms with Crippen LogP contribution in [-0.4, -0.2) is 19.0 Å². The van der Waals surface area contributed by atoms with Crippen LogP contribution in [0.4, 0.5) is 0 Å². The minimum absolute atomic E-state index is 0.498. The van der Waals surface area contributed by atoms with E-state index in [-0.39, 0.29) is 0 Å². The number of halogens is 3. The lowest BCUT2D eigenvalue weighted by atomic mass is 9.99. The Hall–Kier alpha value is 0.260. The molecule has 0 amide bonds. The fourth-order valence-electron chi connectivity index (χ4n) is 1.39. The summed E-state index contributed by atoms with van der Waals surface area (Å²) >= 11 is 10.5. The Kier molecular flexibility index (Phi) is 7.03. The molecule has 0 heterocycles. The monoisotopic (exact) mass is 442 g/mol. The van der Waals surface area contributed by atoms with E-state index in [9.17, 15) is 0 Å². The predicted octanol–water partition coefficient (Wildman–Crippen LogP) is 5.27. The topological polar surface area (TPSA) is 18.5 Å². The number of methoxy groups -OCH3 is 1. The van der Waals surface area contributed by atoms with Crippen LogP contribution in [-0.2, 0) is 0 Å². The Labute approximate surface area is 134 Å². The first-order valence-corrected chi connectivity index (χ1v) is 8.42. The SMILES string of the molecule is COc1cc(Br)c(OCC(CBr)C(C)C)cc1Br. The average Bonchev–Trinajstić information content (AvgIpc) is 2.33. The number of ether oxygens (including phenoxy) is 2. The Bertz CT molecular complexity index is 394. The van der Waals surface area contributed by atoms with E-state index in [1.807, 2.05) is 12.1 Å². The normalized spacial score (nSPS) is 12.6. The highest BCUT2D eigenvalue weighted by Gasteiger charge is 2.14. The van der Waals surface area contributed by atoms with Crippen molar-refractivity contribution in [3.63, 3.8) is 0 Å². The van der Waals surface area contributed by atoms with Crippen molar-refractivity contribution >= 4 is 47.8 Å². The van der Waals surface area contributed by atoms with Crippen molar-refractivity contribution in [2.24, 2.45) is 11.8 Å². The minimum atomic E-state index is 0.498. The first kappa shape index (κ1) is 16.3. The molecule has 1 rings (SSSR count). The molecule has 0 bridgehead atoms.